The standard InChI is InChI=1S/C16H24N2O3/c1-3-14-9-13(7-8-20-14)18-12-5-4-6-15(10-12)21-11-16(19)17-2/h4-6,10,13-14,18H,3,7-9,11H2,1-2H3,(H,17,19). The molecule has 2 N–H and O–H groups in total. The van der Waals surface area contributed by atoms with Gasteiger partial charge in [0.1, 0.15) is 5.75 Å². The van der Waals surface area contributed by atoms with E-state index >= 15 is 0 Å². The topological polar surface area (TPSA) is 59.6 Å². The number of benzene rings is 1. The van der Waals surface area contributed by atoms with E-state index in [-0.39, 0.29) is 12.5 Å². The van der Waals surface area contributed by atoms with Crippen LogP contribution in [0.5, 0.6) is 5.75 Å². The summed E-state index contributed by atoms with van der Waals surface area (Å²) in [5.41, 5.74) is 1.02. The molecule has 2 unspecified atom stereocenters. The third-order valence-electron chi connectivity index (χ3n) is 3.68. The first-order valence-electron chi connectivity index (χ1n) is 7.52. The van der Waals surface area contributed by atoms with Gasteiger partial charge < -0.3 is 20.1 Å². The summed E-state index contributed by atoms with van der Waals surface area (Å²) >= 11 is 0. The smallest absolute Gasteiger partial charge is 0.257 e. The zero-order valence-corrected chi connectivity index (χ0v) is 12.7. The van der Waals surface area contributed by atoms with Gasteiger partial charge in [0, 0.05) is 31.5 Å². The summed E-state index contributed by atoms with van der Waals surface area (Å²) in [6.45, 7) is 3.00. The Bertz CT molecular complexity index is 465. The lowest BCUT2D eigenvalue weighted by atomic mass is 10.0. The molecule has 1 fully saturated rings. The van der Waals surface area contributed by atoms with Crippen molar-refractivity contribution in [2.24, 2.45) is 0 Å². The van der Waals surface area contributed by atoms with Gasteiger partial charge in [0.2, 0.25) is 0 Å². The Morgan fingerprint density at radius 1 is 1.48 bits per heavy atom. The van der Waals surface area contributed by atoms with Gasteiger partial charge in [-0.25, -0.2) is 0 Å². The quantitative estimate of drug-likeness (QED) is 0.844. The fourth-order valence-electron chi connectivity index (χ4n) is 2.43. The van der Waals surface area contributed by atoms with Gasteiger partial charge in [-0.3, -0.25) is 4.79 Å². The van der Waals surface area contributed by atoms with Crippen molar-refractivity contribution < 1.29 is 14.3 Å². The van der Waals surface area contributed by atoms with E-state index in [1.165, 1.54) is 0 Å². The normalized spacial score (nSPS) is 21.6. The number of rotatable bonds is 6. The van der Waals surface area contributed by atoms with Crippen LogP contribution in [-0.2, 0) is 9.53 Å². The fraction of sp³-hybridized carbons (Fsp3) is 0.562. The average Bonchev–Trinajstić information content (AvgIpc) is 2.53. The van der Waals surface area contributed by atoms with Gasteiger partial charge in [0.15, 0.2) is 6.61 Å². The predicted octanol–water partition coefficient (Wildman–Crippen LogP) is 2.18. The molecule has 5 heteroatoms. The third-order valence-corrected chi connectivity index (χ3v) is 3.68. The highest BCUT2D eigenvalue weighted by Crippen LogP contribution is 2.23. The van der Waals surface area contributed by atoms with Crippen LogP contribution in [0.15, 0.2) is 24.3 Å². The maximum Gasteiger partial charge on any atom is 0.257 e. The molecule has 116 valence electrons. The maximum atomic E-state index is 11.2. The minimum Gasteiger partial charge on any atom is -0.484 e. The molecule has 2 atom stereocenters. The van der Waals surface area contributed by atoms with E-state index in [0.29, 0.717) is 17.9 Å². The molecule has 0 spiro atoms. The molecule has 1 aromatic rings. The lowest BCUT2D eigenvalue weighted by Gasteiger charge is -2.30. The van der Waals surface area contributed by atoms with Gasteiger partial charge >= 0.3 is 0 Å². The van der Waals surface area contributed by atoms with Crippen LogP contribution in [0.2, 0.25) is 0 Å². The first-order chi connectivity index (χ1) is 10.2. The highest BCUT2D eigenvalue weighted by Gasteiger charge is 2.21. The SMILES string of the molecule is CCC1CC(Nc2cccc(OCC(=O)NC)c2)CCO1. The summed E-state index contributed by atoms with van der Waals surface area (Å²) < 4.78 is 11.1. The van der Waals surface area contributed by atoms with Crippen molar-refractivity contribution in [3.8, 4) is 5.75 Å². The van der Waals surface area contributed by atoms with E-state index in [0.717, 1.165) is 31.6 Å². The maximum absolute atomic E-state index is 11.2. The molecule has 0 aromatic heterocycles. The molecule has 1 aliphatic rings. The van der Waals surface area contributed by atoms with Crippen molar-refractivity contribution in [2.75, 3.05) is 25.6 Å². The second kappa shape index (κ2) is 7.88. The third kappa shape index (κ3) is 4.93. The Morgan fingerprint density at radius 3 is 3.10 bits per heavy atom. The van der Waals surface area contributed by atoms with Crippen molar-refractivity contribution in [3.63, 3.8) is 0 Å². The number of hydrogen-bond acceptors (Lipinski definition) is 4. The molecule has 5 nitrogen and oxygen atoms in total. The molecule has 2 rings (SSSR count). The first kappa shape index (κ1) is 15.6. The Balaban J connectivity index is 1.89. The average molecular weight is 292 g/mol. The van der Waals surface area contributed by atoms with Gasteiger partial charge in [0.05, 0.1) is 6.10 Å². The largest absolute Gasteiger partial charge is 0.484 e. The summed E-state index contributed by atoms with van der Waals surface area (Å²) in [5, 5.41) is 6.06. The van der Waals surface area contributed by atoms with Gasteiger partial charge in [0.25, 0.3) is 5.91 Å². The van der Waals surface area contributed by atoms with E-state index in [1.807, 2.05) is 24.3 Å². The predicted molar refractivity (Wildman–Crippen MR) is 82.7 cm³/mol. The van der Waals surface area contributed by atoms with Gasteiger partial charge in [-0.05, 0) is 31.4 Å². The Kier molecular flexibility index (Phi) is 5.87. The monoisotopic (exact) mass is 292 g/mol. The molecular formula is C16H24N2O3. The lowest BCUT2D eigenvalue weighted by molar-refractivity contribution is -0.122. The number of amides is 1. The number of hydrogen-bond donors (Lipinski definition) is 2. The van der Waals surface area contributed by atoms with E-state index in [9.17, 15) is 4.79 Å². The van der Waals surface area contributed by atoms with E-state index in [2.05, 4.69) is 17.6 Å². The summed E-state index contributed by atoms with van der Waals surface area (Å²) in [4.78, 5) is 11.2. The molecule has 0 aliphatic carbocycles. The van der Waals surface area contributed by atoms with Crippen LogP contribution in [0.4, 0.5) is 5.69 Å². The molecule has 0 saturated carbocycles. The molecule has 0 bridgehead atoms. The summed E-state index contributed by atoms with van der Waals surface area (Å²) in [6.07, 6.45) is 3.44. The Morgan fingerprint density at radius 2 is 2.33 bits per heavy atom. The van der Waals surface area contributed by atoms with Crippen molar-refractivity contribution in [2.45, 2.75) is 38.3 Å². The van der Waals surface area contributed by atoms with Gasteiger partial charge in [-0.1, -0.05) is 13.0 Å². The van der Waals surface area contributed by atoms with Crippen molar-refractivity contribution in [1.82, 2.24) is 5.32 Å². The summed E-state index contributed by atoms with van der Waals surface area (Å²) in [6, 6.07) is 8.16. The Hall–Kier alpha value is -1.75. The van der Waals surface area contributed by atoms with Crippen molar-refractivity contribution in [3.05, 3.63) is 24.3 Å². The molecule has 0 radical (unpaired) electrons. The van der Waals surface area contributed by atoms with Crippen LogP contribution in [0.25, 0.3) is 0 Å². The molecule has 1 amide bonds. The minimum absolute atomic E-state index is 0.0368. The number of anilines is 1. The molecule has 21 heavy (non-hydrogen) atoms. The van der Waals surface area contributed by atoms with E-state index in [1.54, 1.807) is 7.05 Å². The van der Waals surface area contributed by atoms with E-state index in [4.69, 9.17) is 9.47 Å². The second-order valence-electron chi connectivity index (χ2n) is 5.26. The van der Waals surface area contributed by atoms with Crippen LogP contribution >= 0.6 is 0 Å². The number of nitrogens with one attached hydrogen (secondary N) is 2. The number of carbonyl (C=O) groups is 1. The van der Waals surface area contributed by atoms with Gasteiger partial charge in [-0.2, -0.15) is 0 Å². The summed E-state index contributed by atoms with van der Waals surface area (Å²) in [7, 11) is 1.60. The second-order valence-corrected chi connectivity index (χ2v) is 5.26. The fourth-order valence-corrected chi connectivity index (χ4v) is 2.43. The van der Waals surface area contributed by atoms with E-state index < -0.39 is 0 Å². The van der Waals surface area contributed by atoms with Crippen LogP contribution < -0.4 is 15.4 Å². The number of likely N-dealkylation sites (N-methyl/N-ethyl adjacent to an activating group) is 1. The van der Waals surface area contributed by atoms with Crippen molar-refractivity contribution >= 4 is 11.6 Å². The lowest BCUT2D eigenvalue weighted by Crippen LogP contribution is -2.33. The number of carbonyl (C=O) groups excluding carboxylic acids is 1. The van der Waals surface area contributed by atoms with Gasteiger partial charge in [-0.15, -0.1) is 0 Å². The molecular weight excluding hydrogens is 268 g/mol. The molecule has 1 aromatic carbocycles. The summed E-state index contributed by atoms with van der Waals surface area (Å²) in [5.74, 6) is 0.561. The first-order valence-corrected chi connectivity index (χ1v) is 7.52. The van der Waals surface area contributed by atoms with Crippen LogP contribution in [0, 0.1) is 0 Å². The number of ether oxygens (including phenoxy) is 2. The van der Waals surface area contributed by atoms with Crippen LogP contribution in [-0.4, -0.2) is 38.3 Å². The van der Waals surface area contributed by atoms with Crippen LogP contribution in [0.3, 0.4) is 0 Å². The van der Waals surface area contributed by atoms with Crippen LogP contribution in [0.1, 0.15) is 26.2 Å². The highest BCUT2D eigenvalue weighted by molar-refractivity contribution is 5.77. The Labute approximate surface area is 126 Å². The highest BCUT2D eigenvalue weighted by atomic mass is 16.5. The zero-order chi connectivity index (χ0) is 15.1. The molecule has 1 heterocycles. The zero-order valence-electron chi connectivity index (χ0n) is 12.7. The molecule has 1 saturated heterocycles. The minimum atomic E-state index is -0.136. The van der Waals surface area contributed by atoms with Crippen molar-refractivity contribution in [1.29, 1.82) is 0 Å². The molecule has 1 aliphatic heterocycles.